The number of amides is 5. The molecule has 64 heavy (non-hydrogen) atoms. The number of benzene rings is 3. The molecule has 17 nitrogen and oxygen atoms in total. The third-order valence-electron chi connectivity index (χ3n) is 11.1. The van der Waals surface area contributed by atoms with Crippen LogP contribution in [0.5, 0.6) is 5.75 Å². The smallest absolute Gasteiger partial charge is 0.264 e. The zero-order chi connectivity index (χ0) is 44.7. The summed E-state index contributed by atoms with van der Waals surface area (Å²) in [4.78, 5) is 71.0. The van der Waals surface area contributed by atoms with Crippen LogP contribution in [0.25, 0.3) is 5.00 Å². The summed E-state index contributed by atoms with van der Waals surface area (Å²) in [5.41, 5.74) is 5.51. The maximum atomic E-state index is 13.5. The van der Waals surface area contributed by atoms with E-state index in [9.17, 15) is 24.0 Å². The molecule has 1 fully saturated rings. The predicted octanol–water partition coefficient (Wildman–Crippen LogP) is 5.12. The van der Waals surface area contributed by atoms with Gasteiger partial charge in [-0.3, -0.25) is 43.7 Å². The summed E-state index contributed by atoms with van der Waals surface area (Å²) in [5.74, 6) is -0.393. The largest absolute Gasteiger partial charge is 0.491 e. The molecule has 2 aromatic heterocycles. The molecule has 0 spiro atoms. The van der Waals surface area contributed by atoms with Gasteiger partial charge in [-0.25, -0.2) is 0 Å². The average molecular weight is 889 g/mol. The lowest BCUT2D eigenvalue weighted by atomic mass is 9.99. The third kappa shape index (κ3) is 9.50. The lowest BCUT2D eigenvalue weighted by molar-refractivity contribution is -0.136. The number of nitrogens with one attached hydrogen (secondary N) is 3. The zero-order valence-electron chi connectivity index (χ0n) is 35.7. The molecule has 2 unspecified atom stereocenters. The van der Waals surface area contributed by atoms with Gasteiger partial charge in [-0.1, -0.05) is 36.4 Å². The van der Waals surface area contributed by atoms with Crippen molar-refractivity contribution in [2.75, 3.05) is 63.4 Å². The molecule has 3 aliphatic rings. The van der Waals surface area contributed by atoms with Crippen LogP contribution >= 0.6 is 11.3 Å². The molecule has 18 heteroatoms. The number of aryl methyl sites for hydroxylation is 2. The zero-order valence-corrected chi connectivity index (χ0v) is 36.5. The lowest BCUT2D eigenvalue weighted by Crippen LogP contribution is -2.54. The van der Waals surface area contributed by atoms with Crippen molar-refractivity contribution in [3.05, 3.63) is 117 Å². The van der Waals surface area contributed by atoms with Crippen LogP contribution in [0.15, 0.2) is 77.8 Å². The van der Waals surface area contributed by atoms with Crippen LogP contribution in [0.1, 0.15) is 79.2 Å². The molecule has 0 saturated carbocycles. The Bertz CT molecular complexity index is 2590. The number of ether oxygens (including phenoxy) is 4. The lowest BCUT2D eigenvalue weighted by Gasteiger charge is -2.27. The van der Waals surface area contributed by atoms with Crippen LogP contribution in [0.4, 0.5) is 11.4 Å². The van der Waals surface area contributed by atoms with Crippen LogP contribution in [0.2, 0.25) is 0 Å². The highest BCUT2D eigenvalue weighted by atomic mass is 32.1. The summed E-state index contributed by atoms with van der Waals surface area (Å²) < 4.78 is 24.7. The summed E-state index contributed by atoms with van der Waals surface area (Å²) in [5, 5.41) is 18.2. The first-order valence-electron chi connectivity index (χ1n) is 21.1. The minimum absolute atomic E-state index is 0.0565. The normalized spacial score (nSPS) is 16.7. The number of anilines is 2. The third-order valence-corrected chi connectivity index (χ3v) is 12.3. The first-order valence-corrected chi connectivity index (χ1v) is 21.9. The van der Waals surface area contributed by atoms with E-state index in [4.69, 9.17) is 23.9 Å². The number of carbonyl (C=O) groups is 5. The van der Waals surface area contributed by atoms with Crippen LogP contribution in [0, 0.1) is 20.8 Å². The quantitative estimate of drug-likeness (QED) is 0.0731. The first-order chi connectivity index (χ1) is 31.1. The molecule has 332 valence electrons. The van der Waals surface area contributed by atoms with E-state index in [1.54, 1.807) is 53.8 Å². The van der Waals surface area contributed by atoms with Gasteiger partial charge in [0.15, 0.2) is 5.82 Å². The number of carbonyl (C=O) groups excluding carboxylic acids is 5. The number of rotatable bonds is 19. The minimum atomic E-state index is -1.02. The molecule has 3 aromatic carbocycles. The molecule has 0 radical (unpaired) electrons. The Kier molecular flexibility index (Phi) is 13.6. The van der Waals surface area contributed by atoms with E-state index in [0.29, 0.717) is 75.7 Å². The van der Waals surface area contributed by atoms with Gasteiger partial charge in [-0.05, 0) is 69.2 Å². The monoisotopic (exact) mass is 888 g/mol. The van der Waals surface area contributed by atoms with Crippen LogP contribution in [0.3, 0.4) is 0 Å². The Hall–Kier alpha value is -6.60. The molecule has 2 atom stereocenters. The molecular weight excluding hydrogens is 841 g/mol. The fraction of sp³-hybridized carbons (Fsp3) is 0.348. The molecule has 0 aliphatic carbocycles. The van der Waals surface area contributed by atoms with Gasteiger partial charge >= 0.3 is 0 Å². The Labute approximate surface area is 373 Å². The van der Waals surface area contributed by atoms with Gasteiger partial charge in [0, 0.05) is 40.3 Å². The number of thiophene rings is 1. The number of aromatic nitrogens is 3. The molecule has 3 aliphatic heterocycles. The maximum absolute atomic E-state index is 13.5. The standard InChI is InChI=1S/C46H48N8O9S/c1-27-28(2)64-46-39(27)41(30-8-5-4-6-9-30)49-35(42-52-51-29(3)53(42)46)26-38(56)48-31-12-14-32(15-13-31)63-25-24-62-23-22-61-21-20-60-19-18-47-34-11-7-10-33-40(34)45(59)54(44(33)58)36-16-17-37(55)50-43(36)57/h4-15,35-36,47H,16-26H2,1-3H3,(H,48,56)(H,50,55,57). The summed E-state index contributed by atoms with van der Waals surface area (Å²) in [6.45, 7) is 8.95. The summed E-state index contributed by atoms with van der Waals surface area (Å²) >= 11 is 1.68. The number of aliphatic imine (C=N–C) groups is 1. The molecule has 1 saturated heterocycles. The molecule has 5 heterocycles. The first kappa shape index (κ1) is 44.0. The van der Waals surface area contributed by atoms with Crippen molar-refractivity contribution in [1.82, 2.24) is 25.0 Å². The molecular formula is C46H48N8O9S. The van der Waals surface area contributed by atoms with Crippen LogP contribution in [-0.4, -0.2) is 114 Å². The fourth-order valence-corrected chi connectivity index (χ4v) is 9.04. The van der Waals surface area contributed by atoms with E-state index in [-0.39, 0.29) is 36.3 Å². The number of fused-ring (bicyclic) bond motifs is 4. The minimum Gasteiger partial charge on any atom is -0.491 e. The fourth-order valence-electron chi connectivity index (χ4n) is 7.82. The van der Waals surface area contributed by atoms with Gasteiger partial charge < -0.3 is 29.6 Å². The van der Waals surface area contributed by atoms with Crippen molar-refractivity contribution in [2.45, 2.75) is 52.1 Å². The summed E-state index contributed by atoms with van der Waals surface area (Å²) in [7, 11) is 0. The second-order valence-corrected chi connectivity index (χ2v) is 16.5. The van der Waals surface area contributed by atoms with Gasteiger partial charge in [0.05, 0.1) is 62.9 Å². The van der Waals surface area contributed by atoms with Gasteiger partial charge in [-0.15, -0.1) is 21.5 Å². The van der Waals surface area contributed by atoms with Gasteiger partial charge in [-0.2, -0.15) is 0 Å². The molecule has 5 aromatic rings. The Morgan fingerprint density at radius 2 is 1.53 bits per heavy atom. The van der Waals surface area contributed by atoms with Crippen molar-refractivity contribution < 1.29 is 42.9 Å². The average Bonchev–Trinajstić information content (AvgIpc) is 3.87. The number of nitrogens with zero attached hydrogens (tertiary/aromatic N) is 5. The van der Waals surface area contributed by atoms with Crippen molar-refractivity contribution >= 4 is 58.0 Å². The van der Waals surface area contributed by atoms with E-state index in [1.807, 2.05) is 41.8 Å². The van der Waals surface area contributed by atoms with E-state index in [2.05, 4.69) is 40.0 Å². The number of hydrogen-bond donors (Lipinski definition) is 3. The molecule has 8 rings (SSSR count). The SMILES string of the molecule is Cc1sc2c(c1C)C(c1ccccc1)=NC(CC(=O)Nc1ccc(OCCOCCOCCOCCNc3cccc4c3C(=O)N(C3CCC(=O)NC3=O)C4=O)cc1)c1nnc(C)n1-2. The van der Waals surface area contributed by atoms with Crippen LogP contribution < -0.4 is 20.7 Å². The van der Waals surface area contributed by atoms with Crippen molar-refractivity contribution in [1.29, 1.82) is 0 Å². The number of imide groups is 2. The second kappa shape index (κ2) is 19.8. The summed E-state index contributed by atoms with van der Waals surface area (Å²) in [6, 6.07) is 20.5. The number of hydrogen-bond acceptors (Lipinski definition) is 14. The number of piperidine rings is 1. The van der Waals surface area contributed by atoms with E-state index in [1.165, 1.54) is 4.88 Å². The van der Waals surface area contributed by atoms with Gasteiger partial charge in [0.2, 0.25) is 17.7 Å². The van der Waals surface area contributed by atoms with Crippen molar-refractivity contribution in [3.8, 4) is 10.8 Å². The molecule has 3 N–H and O–H groups in total. The van der Waals surface area contributed by atoms with E-state index in [0.717, 1.165) is 38.1 Å². The van der Waals surface area contributed by atoms with Gasteiger partial charge in [0.25, 0.3) is 11.8 Å². The van der Waals surface area contributed by atoms with Gasteiger partial charge in [0.1, 0.15) is 35.3 Å². The Balaban J connectivity index is 0.711. The highest BCUT2D eigenvalue weighted by molar-refractivity contribution is 7.15. The van der Waals surface area contributed by atoms with E-state index >= 15 is 0 Å². The Morgan fingerprint density at radius 1 is 0.812 bits per heavy atom. The Morgan fingerprint density at radius 3 is 2.27 bits per heavy atom. The highest BCUT2D eigenvalue weighted by Crippen LogP contribution is 2.40. The van der Waals surface area contributed by atoms with Crippen molar-refractivity contribution in [3.63, 3.8) is 0 Å². The molecule has 5 amide bonds. The van der Waals surface area contributed by atoms with Crippen LogP contribution in [-0.2, 0) is 28.6 Å². The topological polar surface area (TPSA) is 205 Å². The predicted molar refractivity (Wildman–Crippen MR) is 238 cm³/mol. The van der Waals surface area contributed by atoms with Crippen molar-refractivity contribution in [2.24, 2.45) is 4.99 Å². The second-order valence-electron chi connectivity index (χ2n) is 15.3. The van der Waals surface area contributed by atoms with E-state index < -0.39 is 35.7 Å². The highest BCUT2D eigenvalue weighted by Gasteiger charge is 2.45. The maximum Gasteiger partial charge on any atom is 0.264 e. The summed E-state index contributed by atoms with van der Waals surface area (Å²) in [6.07, 6.45) is 0.227. The molecule has 0 bridgehead atoms.